The average Bonchev–Trinajstić information content (AvgIpc) is 2.31. The van der Waals surface area contributed by atoms with Gasteiger partial charge < -0.3 is 20.1 Å². The molecule has 0 aliphatic heterocycles. The van der Waals surface area contributed by atoms with Crippen molar-refractivity contribution in [2.45, 2.75) is 11.0 Å². The fourth-order valence-electron chi connectivity index (χ4n) is 0.632. The van der Waals surface area contributed by atoms with Crippen molar-refractivity contribution in [3.8, 4) is 0 Å². The summed E-state index contributed by atoms with van der Waals surface area (Å²) in [7, 11) is -4.92. The van der Waals surface area contributed by atoms with Gasteiger partial charge in [-0.1, -0.05) is 0 Å². The van der Waals surface area contributed by atoms with E-state index in [1.165, 1.54) is 0 Å². The van der Waals surface area contributed by atoms with Gasteiger partial charge >= 0.3 is 0 Å². The second-order valence-electron chi connectivity index (χ2n) is 3.26. The molecule has 2 atom stereocenters. The Labute approximate surface area is 109 Å². The maximum atomic E-state index is 10.7. The second kappa shape index (κ2) is 8.19. The van der Waals surface area contributed by atoms with Crippen LogP contribution in [0.1, 0.15) is 0 Å². The van der Waals surface area contributed by atoms with Crippen LogP contribution in [0.25, 0.3) is 0 Å². The molecule has 0 rings (SSSR count). The summed E-state index contributed by atoms with van der Waals surface area (Å²) in [5.41, 5.74) is 0. The largest absolute Gasteiger partial charge is 0.392 e. The molecule has 0 bridgehead atoms. The Morgan fingerprint density at radius 2 is 1.94 bits per heavy atom. The third-order valence-electron chi connectivity index (χ3n) is 1.71. The smallest absolute Gasteiger partial charge is 0.299 e. The van der Waals surface area contributed by atoms with Crippen LogP contribution in [0.3, 0.4) is 0 Å². The minimum absolute atomic E-state index is 0.0339. The molecule has 9 nitrogen and oxygen atoms in total. The molecule has 0 aromatic rings. The number of halogens is 1. The van der Waals surface area contributed by atoms with Crippen LogP contribution in [0, 0.1) is 0 Å². The summed E-state index contributed by atoms with van der Waals surface area (Å²) >= 11 is 5.26. The van der Waals surface area contributed by atoms with Crippen molar-refractivity contribution in [1.29, 1.82) is 0 Å². The highest BCUT2D eigenvalue weighted by Gasteiger charge is 2.41. The van der Waals surface area contributed by atoms with Crippen molar-refractivity contribution in [2.24, 2.45) is 0 Å². The van der Waals surface area contributed by atoms with Gasteiger partial charge in [0.15, 0.2) is 6.79 Å². The second-order valence-corrected chi connectivity index (χ2v) is 5.27. The highest BCUT2D eigenvalue weighted by molar-refractivity contribution is 7.87. The lowest BCUT2D eigenvalue weighted by Gasteiger charge is -2.20. The number of aliphatic hydroxyl groups excluding tert-OH is 2. The van der Waals surface area contributed by atoms with Crippen LogP contribution in [0.15, 0.2) is 0 Å². The molecule has 4 N–H and O–H groups in total. The lowest BCUT2D eigenvalue weighted by Crippen LogP contribution is -2.46. The Kier molecular flexibility index (Phi) is 8.18. The summed E-state index contributed by atoms with van der Waals surface area (Å²) in [5.74, 6) is -0.0339. The number of alkyl halides is 1. The van der Waals surface area contributed by atoms with Crippen LogP contribution in [0.4, 0.5) is 0 Å². The van der Waals surface area contributed by atoms with Crippen molar-refractivity contribution < 1.29 is 42.8 Å². The molecule has 0 radical (unpaired) electrons. The number of ether oxygens (including phenoxy) is 1. The van der Waals surface area contributed by atoms with Crippen molar-refractivity contribution in [2.75, 3.05) is 32.5 Å². The van der Waals surface area contributed by atoms with Gasteiger partial charge in [0, 0.05) is 0 Å². The minimum Gasteiger partial charge on any atom is -0.392 e. The van der Waals surface area contributed by atoms with E-state index in [4.69, 9.17) is 26.4 Å². The monoisotopic (exact) mass is 310 g/mol. The fraction of sp³-hybridized carbons (Fsp3) is 1.00. The molecule has 2 unspecified atom stereocenters. The number of hydrogen-bond acceptors (Lipinski definition) is 8. The van der Waals surface area contributed by atoms with E-state index < -0.39 is 41.2 Å². The summed E-state index contributed by atoms with van der Waals surface area (Å²) in [4.78, 5) is 5.67. The summed E-state index contributed by atoms with van der Waals surface area (Å²) < 4.78 is 34.6. The van der Waals surface area contributed by atoms with E-state index in [1.54, 1.807) is 0 Å². The molecular formula is C7H15ClO9S. The molecule has 110 valence electrons. The number of rotatable bonds is 10. The standard InChI is InChI=1S/C7H15ClO9S/c8-1-6(10)2-15-5-17-16-4-7(11,3-9)18(12,13)14/h6,9-11H,1-5H2,(H,12,13,14). The normalized spacial score (nSPS) is 17.4. The Morgan fingerprint density at radius 1 is 1.33 bits per heavy atom. The molecule has 0 aliphatic carbocycles. The van der Waals surface area contributed by atoms with E-state index in [0.717, 1.165) is 0 Å². The first-order chi connectivity index (χ1) is 8.27. The zero-order valence-electron chi connectivity index (χ0n) is 9.23. The molecule has 0 fully saturated rings. The Morgan fingerprint density at radius 3 is 2.39 bits per heavy atom. The van der Waals surface area contributed by atoms with Gasteiger partial charge in [-0.2, -0.15) is 8.42 Å². The van der Waals surface area contributed by atoms with E-state index in [0.29, 0.717) is 0 Å². The third-order valence-corrected chi connectivity index (χ3v) is 3.28. The summed E-state index contributed by atoms with van der Waals surface area (Å²) in [6.07, 6.45) is -0.887. The lowest BCUT2D eigenvalue weighted by molar-refractivity contribution is -0.349. The average molecular weight is 311 g/mol. The fourth-order valence-corrected chi connectivity index (χ4v) is 1.08. The zero-order valence-corrected chi connectivity index (χ0v) is 10.8. The number of aliphatic hydroxyl groups is 3. The van der Waals surface area contributed by atoms with Crippen LogP contribution >= 0.6 is 11.6 Å². The number of hydrogen-bond donors (Lipinski definition) is 4. The van der Waals surface area contributed by atoms with Crippen molar-refractivity contribution in [3.05, 3.63) is 0 Å². The van der Waals surface area contributed by atoms with Gasteiger partial charge in [0.1, 0.15) is 6.61 Å². The van der Waals surface area contributed by atoms with Gasteiger partial charge in [0.25, 0.3) is 10.1 Å². The van der Waals surface area contributed by atoms with Crippen LogP contribution in [0.5, 0.6) is 0 Å². The van der Waals surface area contributed by atoms with Gasteiger partial charge in [-0.05, 0) is 0 Å². The van der Waals surface area contributed by atoms with Gasteiger partial charge in [0.2, 0.25) is 4.93 Å². The molecule has 18 heavy (non-hydrogen) atoms. The van der Waals surface area contributed by atoms with Gasteiger partial charge in [-0.3, -0.25) is 4.55 Å². The SMILES string of the molecule is O=S(=O)(O)C(O)(CO)COOCOCC(O)CCl. The Bertz CT molecular complexity index is 321. The van der Waals surface area contributed by atoms with Crippen LogP contribution in [-0.2, 0) is 24.6 Å². The predicted molar refractivity (Wildman–Crippen MR) is 58.2 cm³/mol. The van der Waals surface area contributed by atoms with Gasteiger partial charge in [-0.25, -0.2) is 9.78 Å². The quantitative estimate of drug-likeness (QED) is 0.0906. The summed E-state index contributed by atoms with van der Waals surface area (Å²) in [6.45, 7) is -2.90. The van der Waals surface area contributed by atoms with Crippen molar-refractivity contribution >= 4 is 21.7 Å². The first-order valence-electron chi connectivity index (χ1n) is 4.63. The van der Waals surface area contributed by atoms with E-state index in [9.17, 15) is 13.5 Å². The van der Waals surface area contributed by atoms with Crippen LogP contribution in [-0.4, -0.2) is 71.8 Å². The maximum Gasteiger partial charge on any atom is 0.299 e. The van der Waals surface area contributed by atoms with E-state index in [2.05, 4.69) is 14.5 Å². The topological polar surface area (TPSA) is 143 Å². The molecule has 0 aliphatic rings. The Balaban J connectivity index is 3.84. The maximum absolute atomic E-state index is 10.7. The highest BCUT2D eigenvalue weighted by Crippen LogP contribution is 2.12. The predicted octanol–water partition coefficient (Wildman–Crippen LogP) is -1.92. The molecule has 0 aromatic heterocycles. The van der Waals surface area contributed by atoms with Crippen LogP contribution in [0.2, 0.25) is 0 Å². The zero-order chi connectivity index (χ0) is 14.2. The molecule has 11 heteroatoms. The van der Waals surface area contributed by atoms with Gasteiger partial charge in [0.05, 0.1) is 25.2 Å². The van der Waals surface area contributed by atoms with E-state index >= 15 is 0 Å². The molecule has 0 saturated heterocycles. The highest BCUT2D eigenvalue weighted by atomic mass is 35.5. The molecule has 0 aromatic carbocycles. The van der Waals surface area contributed by atoms with Gasteiger partial charge in [-0.15, -0.1) is 11.6 Å². The molecule has 0 spiro atoms. The first-order valence-corrected chi connectivity index (χ1v) is 6.60. The molecular weight excluding hydrogens is 296 g/mol. The molecule has 0 amide bonds. The molecule has 0 heterocycles. The first kappa shape index (κ1) is 18.0. The van der Waals surface area contributed by atoms with Crippen molar-refractivity contribution in [1.82, 2.24) is 0 Å². The minimum atomic E-state index is -4.92. The van der Waals surface area contributed by atoms with Crippen molar-refractivity contribution in [3.63, 3.8) is 0 Å². The molecule has 0 saturated carbocycles. The summed E-state index contributed by atoms with van der Waals surface area (Å²) in [6, 6.07) is 0. The van der Waals surface area contributed by atoms with E-state index in [1.807, 2.05) is 0 Å². The summed E-state index contributed by atoms with van der Waals surface area (Å²) in [5, 5.41) is 26.8. The third kappa shape index (κ3) is 6.22. The Hall–Kier alpha value is -0.0400. The van der Waals surface area contributed by atoms with E-state index in [-0.39, 0.29) is 12.5 Å². The van der Waals surface area contributed by atoms with Crippen LogP contribution < -0.4 is 0 Å². The lowest BCUT2D eigenvalue weighted by atomic mass is 10.4.